The lowest BCUT2D eigenvalue weighted by atomic mass is 10.1. The molecule has 0 fully saturated rings. The summed E-state index contributed by atoms with van der Waals surface area (Å²) >= 11 is 2.15. The summed E-state index contributed by atoms with van der Waals surface area (Å²) in [6, 6.07) is 24.1. The number of benzene rings is 3. The molecule has 1 N–H and O–H groups in total. The van der Waals surface area contributed by atoms with Crippen molar-refractivity contribution in [2.75, 3.05) is 23.9 Å². The van der Waals surface area contributed by atoms with Crippen LogP contribution in [-0.4, -0.2) is 50.8 Å². The van der Waals surface area contributed by atoms with Crippen molar-refractivity contribution in [3.63, 3.8) is 0 Å². The standard InChI is InChI=1S/C29H34IN3O4S/c1-3-20-31-29(35)27(4-2)32(21-19-23-11-7-5-8-12-23)28(34)22-33(25-17-15-24(30)16-18-25)38(36,37)26-13-9-6-10-14-26/h5-18,27H,3-4,19-22H2,1-2H3,(H,31,35). The first-order chi connectivity index (χ1) is 18.3. The van der Waals surface area contributed by atoms with E-state index in [0.29, 0.717) is 25.1 Å². The monoisotopic (exact) mass is 647 g/mol. The van der Waals surface area contributed by atoms with Gasteiger partial charge in [-0.1, -0.05) is 62.4 Å². The van der Waals surface area contributed by atoms with Crippen molar-refractivity contribution in [1.82, 2.24) is 10.2 Å². The summed E-state index contributed by atoms with van der Waals surface area (Å²) in [6.45, 7) is 4.19. The molecule has 3 aromatic rings. The van der Waals surface area contributed by atoms with Gasteiger partial charge in [-0.2, -0.15) is 0 Å². The highest BCUT2D eigenvalue weighted by molar-refractivity contribution is 14.1. The van der Waals surface area contributed by atoms with Crippen molar-refractivity contribution in [2.45, 2.75) is 44.0 Å². The molecule has 3 aromatic carbocycles. The number of hydrogen-bond acceptors (Lipinski definition) is 4. The third-order valence-electron chi connectivity index (χ3n) is 6.14. The van der Waals surface area contributed by atoms with E-state index in [-0.39, 0.29) is 17.3 Å². The molecule has 0 saturated heterocycles. The van der Waals surface area contributed by atoms with Crippen LogP contribution in [0.4, 0.5) is 5.69 Å². The number of anilines is 1. The Bertz CT molecular complexity index is 1290. The zero-order valence-corrected chi connectivity index (χ0v) is 24.7. The van der Waals surface area contributed by atoms with Gasteiger partial charge in [-0.05, 0) is 83.8 Å². The van der Waals surface area contributed by atoms with Gasteiger partial charge in [0.05, 0.1) is 10.6 Å². The molecule has 202 valence electrons. The maximum absolute atomic E-state index is 13.9. The SMILES string of the molecule is CCCNC(=O)C(CC)N(CCc1ccccc1)C(=O)CN(c1ccc(I)cc1)S(=O)(=O)c1ccccc1. The van der Waals surface area contributed by atoms with E-state index in [1.54, 1.807) is 42.5 Å². The molecular formula is C29H34IN3O4S. The van der Waals surface area contributed by atoms with Gasteiger partial charge in [0.1, 0.15) is 12.6 Å². The number of hydrogen-bond donors (Lipinski definition) is 1. The predicted octanol–water partition coefficient (Wildman–Crippen LogP) is 4.86. The number of rotatable bonds is 13. The van der Waals surface area contributed by atoms with Crippen LogP contribution < -0.4 is 9.62 Å². The molecule has 1 unspecified atom stereocenters. The molecule has 1 atom stereocenters. The Morgan fingerprint density at radius 2 is 1.50 bits per heavy atom. The average molecular weight is 648 g/mol. The molecule has 0 bridgehead atoms. The summed E-state index contributed by atoms with van der Waals surface area (Å²) in [5.74, 6) is -0.667. The third kappa shape index (κ3) is 7.80. The van der Waals surface area contributed by atoms with Crippen LogP contribution in [-0.2, 0) is 26.0 Å². The predicted molar refractivity (Wildman–Crippen MR) is 159 cm³/mol. The van der Waals surface area contributed by atoms with E-state index in [4.69, 9.17) is 0 Å². The molecule has 0 aliphatic rings. The van der Waals surface area contributed by atoms with E-state index in [2.05, 4.69) is 27.9 Å². The summed E-state index contributed by atoms with van der Waals surface area (Å²) in [4.78, 5) is 28.6. The number of sulfonamides is 1. The zero-order chi connectivity index (χ0) is 27.5. The normalized spacial score (nSPS) is 12.0. The Balaban J connectivity index is 1.97. The summed E-state index contributed by atoms with van der Waals surface area (Å²) < 4.78 is 29.6. The summed E-state index contributed by atoms with van der Waals surface area (Å²) in [6.07, 6.45) is 1.72. The number of carbonyl (C=O) groups excluding carboxylic acids is 2. The Kier molecular flexibility index (Phi) is 11.1. The first-order valence-corrected chi connectivity index (χ1v) is 15.2. The molecule has 0 aromatic heterocycles. The molecule has 7 nitrogen and oxygen atoms in total. The molecule has 38 heavy (non-hydrogen) atoms. The minimum Gasteiger partial charge on any atom is -0.354 e. The van der Waals surface area contributed by atoms with Gasteiger partial charge in [0.25, 0.3) is 10.0 Å². The van der Waals surface area contributed by atoms with E-state index in [1.165, 1.54) is 17.0 Å². The van der Waals surface area contributed by atoms with E-state index < -0.39 is 28.5 Å². The van der Waals surface area contributed by atoms with Gasteiger partial charge >= 0.3 is 0 Å². The van der Waals surface area contributed by atoms with E-state index in [0.717, 1.165) is 19.9 Å². The number of amides is 2. The van der Waals surface area contributed by atoms with Gasteiger partial charge in [-0.15, -0.1) is 0 Å². The van der Waals surface area contributed by atoms with Crippen LogP contribution in [0.15, 0.2) is 89.8 Å². The van der Waals surface area contributed by atoms with Crippen molar-refractivity contribution < 1.29 is 18.0 Å². The topological polar surface area (TPSA) is 86.8 Å². The highest BCUT2D eigenvalue weighted by atomic mass is 127. The molecule has 0 aliphatic heterocycles. The molecule has 0 saturated carbocycles. The molecule has 0 spiro atoms. The van der Waals surface area contributed by atoms with Crippen molar-refractivity contribution >= 4 is 50.1 Å². The van der Waals surface area contributed by atoms with Gasteiger partial charge < -0.3 is 10.2 Å². The van der Waals surface area contributed by atoms with Crippen molar-refractivity contribution in [2.24, 2.45) is 0 Å². The van der Waals surface area contributed by atoms with Crippen LogP contribution >= 0.6 is 22.6 Å². The second-order valence-corrected chi connectivity index (χ2v) is 11.9. The lowest BCUT2D eigenvalue weighted by Gasteiger charge is -2.33. The van der Waals surface area contributed by atoms with Crippen molar-refractivity contribution in [3.05, 3.63) is 94.1 Å². The summed E-state index contributed by atoms with van der Waals surface area (Å²) in [5, 5.41) is 2.90. The number of halogens is 1. The first-order valence-electron chi connectivity index (χ1n) is 12.7. The number of nitrogens with one attached hydrogen (secondary N) is 1. The minimum absolute atomic E-state index is 0.0925. The van der Waals surface area contributed by atoms with Gasteiger partial charge in [-0.3, -0.25) is 13.9 Å². The highest BCUT2D eigenvalue weighted by Gasteiger charge is 2.33. The van der Waals surface area contributed by atoms with Crippen LogP contribution in [0.25, 0.3) is 0 Å². The van der Waals surface area contributed by atoms with E-state index in [9.17, 15) is 18.0 Å². The van der Waals surface area contributed by atoms with Crippen LogP contribution in [0.3, 0.4) is 0 Å². The Labute approximate surface area is 239 Å². The molecular weight excluding hydrogens is 613 g/mol. The Morgan fingerprint density at radius 3 is 2.08 bits per heavy atom. The second-order valence-electron chi connectivity index (χ2n) is 8.84. The lowest BCUT2D eigenvalue weighted by molar-refractivity contribution is -0.139. The number of carbonyl (C=O) groups is 2. The highest BCUT2D eigenvalue weighted by Crippen LogP contribution is 2.25. The largest absolute Gasteiger partial charge is 0.354 e. The third-order valence-corrected chi connectivity index (χ3v) is 8.65. The average Bonchev–Trinajstić information content (AvgIpc) is 2.94. The second kappa shape index (κ2) is 14.3. The van der Waals surface area contributed by atoms with Crippen LogP contribution in [0.2, 0.25) is 0 Å². The number of nitrogens with zero attached hydrogens (tertiary/aromatic N) is 2. The fourth-order valence-electron chi connectivity index (χ4n) is 4.12. The summed E-state index contributed by atoms with van der Waals surface area (Å²) in [5.41, 5.74) is 1.41. The Morgan fingerprint density at radius 1 is 0.895 bits per heavy atom. The molecule has 3 rings (SSSR count). The van der Waals surface area contributed by atoms with Gasteiger partial charge in [0.2, 0.25) is 11.8 Å². The van der Waals surface area contributed by atoms with Gasteiger partial charge in [0.15, 0.2) is 0 Å². The smallest absolute Gasteiger partial charge is 0.264 e. The van der Waals surface area contributed by atoms with Gasteiger partial charge in [-0.25, -0.2) is 8.42 Å². The van der Waals surface area contributed by atoms with Crippen LogP contribution in [0, 0.1) is 3.57 Å². The lowest BCUT2D eigenvalue weighted by Crippen LogP contribution is -2.53. The fourth-order valence-corrected chi connectivity index (χ4v) is 5.91. The van der Waals surface area contributed by atoms with E-state index in [1.807, 2.05) is 44.2 Å². The molecule has 2 amide bonds. The fraction of sp³-hybridized carbons (Fsp3) is 0.310. The first kappa shape index (κ1) is 29.6. The molecule has 0 radical (unpaired) electrons. The molecule has 9 heteroatoms. The van der Waals surface area contributed by atoms with Crippen LogP contribution in [0.1, 0.15) is 32.3 Å². The van der Waals surface area contributed by atoms with Gasteiger partial charge in [0, 0.05) is 16.7 Å². The molecule has 0 heterocycles. The quantitative estimate of drug-likeness (QED) is 0.269. The molecule has 0 aliphatic carbocycles. The Hall–Kier alpha value is -2.92. The van der Waals surface area contributed by atoms with Crippen LogP contribution in [0.5, 0.6) is 0 Å². The van der Waals surface area contributed by atoms with Crippen molar-refractivity contribution in [3.8, 4) is 0 Å². The summed E-state index contributed by atoms with van der Waals surface area (Å²) in [7, 11) is -4.05. The maximum Gasteiger partial charge on any atom is 0.264 e. The van der Waals surface area contributed by atoms with Crippen molar-refractivity contribution in [1.29, 1.82) is 0 Å². The maximum atomic E-state index is 13.9. The van der Waals surface area contributed by atoms with E-state index >= 15 is 0 Å². The zero-order valence-electron chi connectivity index (χ0n) is 21.7. The minimum atomic E-state index is -4.05.